The highest BCUT2D eigenvalue weighted by molar-refractivity contribution is 7.92. The molecule has 24 heavy (non-hydrogen) atoms. The first-order chi connectivity index (χ1) is 11.3. The Bertz CT molecular complexity index is 698. The van der Waals surface area contributed by atoms with Crippen molar-refractivity contribution in [1.82, 2.24) is 9.80 Å². The zero-order valence-electron chi connectivity index (χ0n) is 13.4. The van der Waals surface area contributed by atoms with Gasteiger partial charge in [0.05, 0.1) is 6.26 Å². The molecule has 132 valence electrons. The maximum Gasteiger partial charge on any atom is 0.253 e. The molecule has 7 nitrogen and oxygen atoms in total. The fraction of sp³-hybridized carbons (Fsp3) is 0.467. The number of hydrogen-bond donors (Lipinski definition) is 1. The number of anilines is 1. The Hall–Kier alpha value is -1.80. The molecule has 0 saturated carbocycles. The van der Waals surface area contributed by atoms with Gasteiger partial charge in [0.1, 0.15) is 0 Å². The van der Waals surface area contributed by atoms with E-state index in [1.165, 1.54) is 0 Å². The number of sulfonamides is 1. The Morgan fingerprint density at radius 2 is 1.62 bits per heavy atom. The van der Waals surface area contributed by atoms with E-state index in [0.717, 1.165) is 6.26 Å². The molecule has 1 fully saturated rings. The summed E-state index contributed by atoms with van der Waals surface area (Å²) in [5, 5.41) is 0. The van der Waals surface area contributed by atoms with Gasteiger partial charge >= 0.3 is 0 Å². The Balaban J connectivity index is 1.94. The Morgan fingerprint density at radius 3 is 2.12 bits per heavy atom. The molecule has 9 heteroatoms. The van der Waals surface area contributed by atoms with Gasteiger partial charge in [0.2, 0.25) is 15.9 Å². The number of carbonyl (C=O) groups is 2. The van der Waals surface area contributed by atoms with E-state index in [1.54, 1.807) is 34.1 Å². The van der Waals surface area contributed by atoms with E-state index in [4.69, 9.17) is 11.6 Å². The van der Waals surface area contributed by atoms with E-state index in [9.17, 15) is 18.0 Å². The standard InChI is InChI=1S/C15H20ClN3O4S/c1-24(22,23)17-13-4-2-12(3-5-13)15(21)19-10-8-18(9-11-19)14(20)6-7-16/h2-5,17H,6-11H2,1H3. The third-order valence-corrected chi connectivity index (χ3v) is 4.46. The van der Waals surface area contributed by atoms with Crippen LogP contribution in [0.1, 0.15) is 16.8 Å². The average Bonchev–Trinajstić information content (AvgIpc) is 2.54. The van der Waals surface area contributed by atoms with E-state index in [2.05, 4.69) is 4.72 Å². The molecule has 0 bridgehead atoms. The van der Waals surface area contributed by atoms with Crippen molar-refractivity contribution in [3.8, 4) is 0 Å². The second-order valence-corrected chi connectivity index (χ2v) is 7.69. The number of nitrogens with zero attached hydrogens (tertiary/aromatic N) is 2. The van der Waals surface area contributed by atoms with Gasteiger partial charge in [-0.2, -0.15) is 0 Å². The molecule has 1 aliphatic rings. The molecule has 1 aromatic carbocycles. The van der Waals surface area contributed by atoms with Crippen LogP contribution >= 0.6 is 11.6 Å². The molecule has 0 radical (unpaired) electrons. The monoisotopic (exact) mass is 373 g/mol. The molecule has 0 unspecified atom stereocenters. The van der Waals surface area contributed by atoms with Crippen LogP contribution in [-0.2, 0) is 14.8 Å². The van der Waals surface area contributed by atoms with Crippen LogP contribution < -0.4 is 4.72 Å². The van der Waals surface area contributed by atoms with Crippen molar-refractivity contribution in [2.75, 3.05) is 43.0 Å². The Labute approximate surface area is 146 Å². The van der Waals surface area contributed by atoms with E-state index in [0.29, 0.717) is 49.7 Å². The zero-order valence-corrected chi connectivity index (χ0v) is 14.9. The largest absolute Gasteiger partial charge is 0.339 e. The second-order valence-electron chi connectivity index (χ2n) is 5.56. The van der Waals surface area contributed by atoms with Crippen molar-refractivity contribution < 1.29 is 18.0 Å². The van der Waals surface area contributed by atoms with Crippen molar-refractivity contribution in [2.45, 2.75) is 6.42 Å². The zero-order chi connectivity index (χ0) is 17.7. The maximum absolute atomic E-state index is 12.5. The van der Waals surface area contributed by atoms with Crippen molar-refractivity contribution in [2.24, 2.45) is 0 Å². The van der Waals surface area contributed by atoms with Crippen molar-refractivity contribution >= 4 is 39.1 Å². The topological polar surface area (TPSA) is 86.8 Å². The van der Waals surface area contributed by atoms with Gasteiger partial charge in [-0.1, -0.05) is 0 Å². The van der Waals surface area contributed by atoms with Crippen molar-refractivity contribution in [3.63, 3.8) is 0 Å². The van der Waals surface area contributed by atoms with E-state index in [-0.39, 0.29) is 11.8 Å². The number of hydrogen-bond acceptors (Lipinski definition) is 4. The summed E-state index contributed by atoms with van der Waals surface area (Å²) < 4.78 is 24.7. The molecule has 0 spiro atoms. The third kappa shape index (κ3) is 5.10. The number of amides is 2. The van der Waals surface area contributed by atoms with Gasteiger partial charge in [0.15, 0.2) is 0 Å². The van der Waals surface area contributed by atoms with Crippen LogP contribution in [0.4, 0.5) is 5.69 Å². The normalized spacial score (nSPS) is 15.2. The first kappa shape index (κ1) is 18.5. The van der Waals surface area contributed by atoms with E-state index >= 15 is 0 Å². The number of piperazine rings is 1. The second kappa shape index (κ2) is 7.85. The Morgan fingerprint density at radius 1 is 1.08 bits per heavy atom. The number of nitrogens with one attached hydrogen (secondary N) is 1. The number of halogens is 1. The highest BCUT2D eigenvalue weighted by Gasteiger charge is 2.24. The van der Waals surface area contributed by atoms with E-state index < -0.39 is 10.0 Å². The van der Waals surface area contributed by atoms with Crippen LogP contribution in [0.5, 0.6) is 0 Å². The molecule has 0 aromatic heterocycles. The minimum absolute atomic E-state index is 0.00769. The average molecular weight is 374 g/mol. The van der Waals surface area contributed by atoms with Crippen LogP contribution in [0.3, 0.4) is 0 Å². The van der Waals surface area contributed by atoms with Gasteiger partial charge in [-0.15, -0.1) is 11.6 Å². The molecule has 2 amide bonds. The summed E-state index contributed by atoms with van der Waals surface area (Å²) in [6.07, 6.45) is 1.38. The van der Waals surface area contributed by atoms with Gasteiger partial charge < -0.3 is 9.80 Å². The Kier molecular flexibility index (Phi) is 6.06. The minimum Gasteiger partial charge on any atom is -0.339 e. The summed E-state index contributed by atoms with van der Waals surface area (Å²) in [7, 11) is -3.34. The molecular formula is C15H20ClN3O4S. The first-order valence-electron chi connectivity index (χ1n) is 7.51. The van der Waals surface area contributed by atoms with Crippen LogP contribution in [0.15, 0.2) is 24.3 Å². The summed E-state index contributed by atoms with van der Waals surface area (Å²) in [5.41, 5.74) is 0.889. The molecule has 1 heterocycles. The van der Waals surface area contributed by atoms with E-state index in [1.807, 2.05) is 0 Å². The summed E-state index contributed by atoms with van der Waals surface area (Å²) in [4.78, 5) is 27.6. The quantitative estimate of drug-likeness (QED) is 0.779. The van der Waals surface area contributed by atoms with Crippen LogP contribution in [0.25, 0.3) is 0 Å². The molecule has 1 N–H and O–H groups in total. The molecular weight excluding hydrogens is 354 g/mol. The number of carbonyl (C=O) groups excluding carboxylic acids is 2. The minimum atomic E-state index is -3.34. The molecule has 1 aromatic rings. The fourth-order valence-corrected chi connectivity index (χ4v) is 3.20. The first-order valence-corrected chi connectivity index (χ1v) is 9.93. The lowest BCUT2D eigenvalue weighted by Gasteiger charge is -2.34. The lowest BCUT2D eigenvalue weighted by Crippen LogP contribution is -2.50. The fourth-order valence-electron chi connectivity index (χ4n) is 2.48. The van der Waals surface area contributed by atoms with Gasteiger partial charge in [0.25, 0.3) is 5.91 Å². The highest BCUT2D eigenvalue weighted by atomic mass is 35.5. The number of alkyl halides is 1. The van der Waals surface area contributed by atoms with Crippen molar-refractivity contribution in [1.29, 1.82) is 0 Å². The van der Waals surface area contributed by atoms with Crippen LogP contribution in [-0.4, -0.2) is 68.3 Å². The molecule has 2 rings (SSSR count). The highest BCUT2D eigenvalue weighted by Crippen LogP contribution is 2.14. The molecule has 1 saturated heterocycles. The molecule has 1 aliphatic heterocycles. The summed E-state index contributed by atoms with van der Waals surface area (Å²) in [6, 6.07) is 6.27. The van der Waals surface area contributed by atoms with Crippen LogP contribution in [0.2, 0.25) is 0 Å². The summed E-state index contributed by atoms with van der Waals surface area (Å²) in [5.74, 6) is 0.171. The van der Waals surface area contributed by atoms with Gasteiger partial charge in [-0.25, -0.2) is 8.42 Å². The SMILES string of the molecule is CS(=O)(=O)Nc1ccc(C(=O)N2CCN(C(=O)CCCl)CC2)cc1. The third-order valence-electron chi connectivity index (χ3n) is 3.66. The van der Waals surface area contributed by atoms with Crippen LogP contribution in [0, 0.1) is 0 Å². The van der Waals surface area contributed by atoms with Gasteiger partial charge in [-0.3, -0.25) is 14.3 Å². The maximum atomic E-state index is 12.5. The number of rotatable bonds is 5. The van der Waals surface area contributed by atoms with Gasteiger partial charge in [0, 0.05) is 49.7 Å². The molecule has 0 aliphatic carbocycles. The van der Waals surface area contributed by atoms with Gasteiger partial charge in [-0.05, 0) is 24.3 Å². The number of benzene rings is 1. The van der Waals surface area contributed by atoms with Crippen molar-refractivity contribution in [3.05, 3.63) is 29.8 Å². The predicted octanol–water partition coefficient (Wildman–Crippen LogP) is 0.971. The smallest absolute Gasteiger partial charge is 0.253 e. The lowest BCUT2D eigenvalue weighted by molar-refractivity contribution is -0.132. The summed E-state index contributed by atoms with van der Waals surface area (Å²) >= 11 is 5.57. The molecule has 0 atom stereocenters. The lowest BCUT2D eigenvalue weighted by atomic mass is 10.1. The predicted molar refractivity (Wildman–Crippen MR) is 92.7 cm³/mol. The summed E-state index contributed by atoms with van der Waals surface area (Å²) in [6.45, 7) is 1.93.